The predicted molar refractivity (Wildman–Crippen MR) is 73.2 cm³/mol. The molecule has 1 fully saturated rings. The number of hydrogen-bond acceptors (Lipinski definition) is 3. The van der Waals surface area contributed by atoms with Crippen LogP contribution in [0.4, 0.5) is 4.79 Å². The summed E-state index contributed by atoms with van der Waals surface area (Å²) >= 11 is 0. The van der Waals surface area contributed by atoms with E-state index in [-0.39, 0.29) is 18.5 Å². The molecule has 0 aromatic carbocycles. The van der Waals surface area contributed by atoms with Crippen LogP contribution in [0.25, 0.3) is 0 Å². The molecule has 2 N–H and O–H groups in total. The molecule has 0 aliphatic heterocycles. The largest absolute Gasteiger partial charge is 0.481 e. The van der Waals surface area contributed by atoms with Crippen LogP contribution in [0.3, 0.4) is 0 Å². The van der Waals surface area contributed by atoms with Gasteiger partial charge in [0.2, 0.25) is 5.91 Å². The average molecular weight is 285 g/mol. The Labute approximate surface area is 118 Å². The minimum atomic E-state index is -0.873. The number of hydrogen-bond donors (Lipinski definition) is 2. The van der Waals surface area contributed by atoms with Crippen molar-refractivity contribution >= 4 is 17.9 Å². The van der Waals surface area contributed by atoms with Crippen LogP contribution in [0.1, 0.15) is 25.7 Å². The molecule has 0 aromatic rings. The standard InChI is InChI=1S/C13H23N3O4/c1-15(2)11(17)8-16(3)13(20)14-10-7-5-4-6-9(10)12(18)19/h9-10H,4-8H2,1-3H3,(H,14,20)(H,18,19). The lowest BCUT2D eigenvalue weighted by Crippen LogP contribution is -2.50. The summed E-state index contributed by atoms with van der Waals surface area (Å²) in [6.45, 7) is -0.0245. The molecule has 0 spiro atoms. The van der Waals surface area contributed by atoms with Crippen molar-refractivity contribution in [2.45, 2.75) is 31.7 Å². The molecule has 3 amide bonds. The van der Waals surface area contributed by atoms with Gasteiger partial charge in [0.1, 0.15) is 6.54 Å². The summed E-state index contributed by atoms with van der Waals surface area (Å²) in [4.78, 5) is 37.4. The average Bonchev–Trinajstić information content (AvgIpc) is 2.38. The number of rotatable bonds is 4. The van der Waals surface area contributed by atoms with Gasteiger partial charge in [-0.25, -0.2) is 4.79 Å². The molecular weight excluding hydrogens is 262 g/mol. The number of aliphatic carboxylic acids is 1. The second-order valence-electron chi connectivity index (χ2n) is 5.43. The third-order valence-corrected chi connectivity index (χ3v) is 3.61. The topological polar surface area (TPSA) is 90.0 Å². The smallest absolute Gasteiger partial charge is 0.317 e. The molecule has 1 saturated carbocycles. The number of carboxylic acid groups (broad SMARTS) is 1. The van der Waals surface area contributed by atoms with Crippen LogP contribution in [0.5, 0.6) is 0 Å². The Bertz CT molecular complexity index is 384. The highest BCUT2D eigenvalue weighted by atomic mass is 16.4. The highest BCUT2D eigenvalue weighted by Crippen LogP contribution is 2.24. The summed E-state index contributed by atoms with van der Waals surface area (Å²) in [7, 11) is 4.76. The molecule has 1 aliphatic rings. The number of likely N-dealkylation sites (N-methyl/N-ethyl adjacent to an activating group) is 2. The molecule has 0 heterocycles. The van der Waals surface area contributed by atoms with Gasteiger partial charge in [-0.3, -0.25) is 9.59 Å². The van der Waals surface area contributed by atoms with Crippen molar-refractivity contribution in [3.63, 3.8) is 0 Å². The highest BCUT2D eigenvalue weighted by molar-refractivity contribution is 5.84. The molecule has 7 heteroatoms. The Morgan fingerprint density at radius 3 is 2.30 bits per heavy atom. The zero-order chi connectivity index (χ0) is 15.3. The number of carboxylic acids is 1. The Balaban J connectivity index is 2.55. The number of nitrogens with one attached hydrogen (secondary N) is 1. The molecule has 114 valence electrons. The van der Waals surface area contributed by atoms with Crippen molar-refractivity contribution in [3.8, 4) is 0 Å². The van der Waals surface area contributed by atoms with E-state index in [1.54, 1.807) is 14.1 Å². The van der Waals surface area contributed by atoms with E-state index in [2.05, 4.69) is 5.32 Å². The van der Waals surface area contributed by atoms with Gasteiger partial charge in [-0.1, -0.05) is 12.8 Å². The van der Waals surface area contributed by atoms with Crippen LogP contribution >= 0.6 is 0 Å². The fourth-order valence-corrected chi connectivity index (χ4v) is 2.28. The van der Waals surface area contributed by atoms with Crippen molar-refractivity contribution in [2.75, 3.05) is 27.7 Å². The van der Waals surface area contributed by atoms with E-state index in [0.29, 0.717) is 12.8 Å². The van der Waals surface area contributed by atoms with Crippen LogP contribution in [0.15, 0.2) is 0 Å². The Morgan fingerprint density at radius 1 is 1.15 bits per heavy atom. The van der Waals surface area contributed by atoms with E-state index >= 15 is 0 Å². The lowest BCUT2D eigenvalue weighted by molar-refractivity contribution is -0.143. The molecule has 0 bridgehead atoms. The van der Waals surface area contributed by atoms with E-state index in [1.807, 2.05) is 0 Å². The molecule has 20 heavy (non-hydrogen) atoms. The van der Waals surface area contributed by atoms with Gasteiger partial charge < -0.3 is 20.2 Å². The molecule has 2 unspecified atom stereocenters. The van der Waals surface area contributed by atoms with E-state index in [0.717, 1.165) is 12.8 Å². The van der Waals surface area contributed by atoms with Crippen molar-refractivity contribution in [1.82, 2.24) is 15.1 Å². The number of carbonyl (C=O) groups excluding carboxylic acids is 2. The van der Waals surface area contributed by atoms with Crippen LogP contribution in [0, 0.1) is 5.92 Å². The highest BCUT2D eigenvalue weighted by Gasteiger charge is 2.32. The van der Waals surface area contributed by atoms with Gasteiger partial charge in [-0.05, 0) is 12.8 Å². The number of nitrogens with zero attached hydrogens (tertiary/aromatic N) is 2. The zero-order valence-electron chi connectivity index (χ0n) is 12.3. The maximum atomic E-state index is 12.0. The summed E-state index contributed by atoms with van der Waals surface area (Å²) in [6, 6.07) is -0.760. The Morgan fingerprint density at radius 2 is 1.75 bits per heavy atom. The zero-order valence-corrected chi connectivity index (χ0v) is 12.3. The van der Waals surface area contributed by atoms with Crippen molar-refractivity contribution in [3.05, 3.63) is 0 Å². The van der Waals surface area contributed by atoms with Crippen molar-refractivity contribution in [1.29, 1.82) is 0 Å². The monoisotopic (exact) mass is 285 g/mol. The first kappa shape index (κ1) is 16.3. The second-order valence-corrected chi connectivity index (χ2v) is 5.43. The molecule has 1 rings (SSSR count). The first-order chi connectivity index (χ1) is 9.32. The van der Waals surface area contributed by atoms with Crippen LogP contribution in [0.2, 0.25) is 0 Å². The van der Waals surface area contributed by atoms with Gasteiger partial charge in [0.15, 0.2) is 0 Å². The number of carbonyl (C=O) groups is 3. The fourth-order valence-electron chi connectivity index (χ4n) is 2.28. The van der Waals surface area contributed by atoms with E-state index in [9.17, 15) is 14.4 Å². The maximum Gasteiger partial charge on any atom is 0.317 e. The van der Waals surface area contributed by atoms with Gasteiger partial charge in [0.05, 0.1) is 5.92 Å². The molecule has 2 atom stereocenters. The summed E-state index contributed by atoms with van der Waals surface area (Å²) in [5.74, 6) is -1.59. The Hall–Kier alpha value is -1.79. The van der Waals surface area contributed by atoms with E-state index in [4.69, 9.17) is 5.11 Å². The SMILES string of the molecule is CN(C)C(=O)CN(C)C(=O)NC1CCCCC1C(=O)O. The van der Waals surface area contributed by atoms with Gasteiger partial charge >= 0.3 is 12.0 Å². The summed E-state index contributed by atoms with van der Waals surface area (Å²) < 4.78 is 0. The summed E-state index contributed by atoms with van der Waals surface area (Å²) in [6.07, 6.45) is 3.03. The second kappa shape index (κ2) is 7.12. The van der Waals surface area contributed by atoms with Gasteiger partial charge in [0, 0.05) is 27.2 Å². The van der Waals surface area contributed by atoms with E-state index < -0.39 is 17.9 Å². The minimum Gasteiger partial charge on any atom is -0.481 e. The third kappa shape index (κ3) is 4.40. The normalized spacial score (nSPS) is 21.9. The molecule has 0 radical (unpaired) electrons. The van der Waals surface area contributed by atoms with E-state index in [1.165, 1.54) is 16.8 Å². The lowest BCUT2D eigenvalue weighted by Gasteiger charge is -2.31. The van der Waals surface area contributed by atoms with Gasteiger partial charge in [-0.2, -0.15) is 0 Å². The van der Waals surface area contributed by atoms with Gasteiger partial charge in [-0.15, -0.1) is 0 Å². The van der Waals surface area contributed by atoms with Crippen molar-refractivity contribution in [2.24, 2.45) is 5.92 Å². The minimum absolute atomic E-state index is 0.0245. The first-order valence-electron chi connectivity index (χ1n) is 6.77. The molecular formula is C13H23N3O4. The van der Waals surface area contributed by atoms with Crippen LogP contribution in [-0.4, -0.2) is 66.5 Å². The third-order valence-electron chi connectivity index (χ3n) is 3.61. The quantitative estimate of drug-likeness (QED) is 0.780. The van der Waals surface area contributed by atoms with Crippen LogP contribution < -0.4 is 5.32 Å². The van der Waals surface area contributed by atoms with Gasteiger partial charge in [0.25, 0.3) is 0 Å². The summed E-state index contributed by atoms with van der Waals surface area (Å²) in [5, 5.41) is 11.9. The first-order valence-corrected chi connectivity index (χ1v) is 6.77. The molecule has 7 nitrogen and oxygen atoms in total. The lowest BCUT2D eigenvalue weighted by atomic mass is 9.84. The van der Waals surface area contributed by atoms with Crippen molar-refractivity contribution < 1.29 is 19.5 Å². The van der Waals surface area contributed by atoms with Crippen LogP contribution in [-0.2, 0) is 9.59 Å². The maximum absolute atomic E-state index is 12.0. The molecule has 0 saturated heterocycles. The summed E-state index contributed by atoms with van der Waals surface area (Å²) in [5.41, 5.74) is 0. The fraction of sp³-hybridized carbons (Fsp3) is 0.769. The Kier molecular flexibility index (Phi) is 5.79. The predicted octanol–water partition coefficient (Wildman–Crippen LogP) is 0.359. The molecule has 1 aliphatic carbocycles. The molecule has 0 aromatic heterocycles. The number of amides is 3. The number of urea groups is 1.